The minimum atomic E-state index is 0.420. The van der Waals surface area contributed by atoms with E-state index in [2.05, 4.69) is 24.0 Å². The average Bonchev–Trinajstić information content (AvgIpc) is 2.78. The van der Waals surface area contributed by atoms with Crippen molar-refractivity contribution >= 4 is 0 Å². The Morgan fingerprint density at radius 1 is 1.44 bits per heavy atom. The lowest BCUT2D eigenvalue weighted by molar-refractivity contribution is 0.416. The van der Waals surface area contributed by atoms with Crippen molar-refractivity contribution in [1.29, 1.82) is 5.26 Å². The smallest absolute Gasteiger partial charge is 0.166 e. The van der Waals surface area contributed by atoms with Gasteiger partial charge in [-0.05, 0) is 24.1 Å². The molecular formula is C14H15N3O. The molecule has 0 spiro atoms. The van der Waals surface area contributed by atoms with Crippen molar-refractivity contribution < 1.29 is 4.74 Å². The molecule has 0 saturated carbocycles. The summed E-state index contributed by atoms with van der Waals surface area (Å²) in [7, 11) is 3.51. The Morgan fingerprint density at radius 2 is 2.22 bits per heavy atom. The van der Waals surface area contributed by atoms with Crippen molar-refractivity contribution in [2.75, 3.05) is 7.11 Å². The van der Waals surface area contributed by atoms with Gasteiger partial charge in [0.1, 0.15) is 11.8 Å². The minimum Gasteiger partial charge on any atom is -0.496 e. The highest BCUT2D eigenvalue weighted by atomic mass is 16.5. The van der Waals surface area contributed by atoms with E-state index in [9.17, 15) is 0 Å². The summed E-state index contributed by atoms with van der Waals surface area (Å²) in [6, 6.07) is 8.13. The van der Waals surface area contributed by atoms with Gasteiger partial charge in [-0.3, -0.25) is 0 Å². The van der Waals surface area contributed by atoms with Crippen molar-refractivity contribution in [3.05, 3.63) is 35.8 Å². The van der Waals surface area contributed by atoms with Crippen molar-refractivity contribution in [2.24, 2.45) is 7.05 Å². The molecule has 1 aromatic carbocycles. The largest absolute Gasteiger partial charge is 0.496 e. The summed E-state index contributed by atoms with van der Waals surface area (Å²) in [4.78, 5) is 4.09. The standard InChI is InChI=1S/C14H15N3O/c1-4-10-5-6-13(18-3)11(7-10)14-12(8-15)16-9-17(14)2/h5-7,9H,4H2,1-3H3. The zero-order chi connectivity index (χ0) is 13.1. The SMILES string of the molecule is CCc1ccc(OC)c(-c2c(C#N)ncn2C)c1. The highest BCUT2D eigenvalue weighted by molar-refractivity contribution is 5.72. The summed E-state index contributed by atoms with van der Waals surface area (Å²) in [6.45, 7) is 2.10. The maximum Gasteiger partial charge on any atom is 0.166 e. The molecule has 0 radical (unpaired) electrons. The van der Waals surface area contributed by atoms with Gasteiger partial charge in [-0.2, -0.15) is 5.26 Å². The number of methoxy groups -OCH3 is 1. The van der Waals surface area contributed by atoms with E-state index in [4.69, 9.17) is 10.00 Å². The molecular weight excluding hydrogens is 226 g/mol. The van der Waals surface area contributed by atoms with Gasteiger partial charge in [0.05, 0.1) is 19.1 Å². The van der Waals surface area contributed by atoms with Gasteiger partial charge in [-0.1, -0.05) is 13.0 Å². The molecule has 0 atom stereocenters. The molecule has 0 N–H and O–H groups in total. The second-order valence-corrected chi connectivity index (χ2v) is 4.05. The van der Waals surface area contributed by atoms with E-state index in [1.54, 1.807) is 13.4 Å². The Morgan fingerprint density at radius 3 is 2.83 bits per heavy atom. The Labute approximate surface area is 106 Å². The van der Waals surface area contributed by atoms with Gasteiger partial charge in [0.2, 0.25) is 0 Å². The Kier molecular flexibility index (Phi) is 3.33. The molecule has 0 saturated heterocycles. The molecule has 2 rings (SSSR count). The fourth-order valence-electron chi connectivity index (χ4n) is 1.99. The van der Waals surface area contributed by atoms with Gasteiger partial charge in [-0.15, -0.1) is 0 Å². The Balaban J connectivity index is 2.69. The number of aromatic nitrogens is 2. The molecule has 1 heterocycles. The molecule has 0 unspecified atom stereocenters. The summed E-state index contributed by atoms with van der Waals surface area (Å²) in [5.74, 6) is 0.757. The highest BCUT2D eigenvalue weighted by Gasteiger charge is 2.15. The lowest BCUT2D eigenvalue weighted by Gasteiger charge is -2.11. The van der Waals surface area contributed by atoms with Crippen molar-refractivity contribution in [2.45, 2.75) is 13.3 Å². The number of nitrogens with zero attached hydrogens (tertiary/aromatic N) is 3. The van der Waals surface area contributed by atoms with Crippen LogP contribution in [0, 0.1) is 11.3 Å². The summed E-state index contributed by atoms with van der Waals surface area (Å²) in [5.41, 5.74) is 3.33. The fourth-order valence-corrected chi connectivity index (χ4v) is 1.99. The molecule has 0 aliphatic carbocycles. The summed E-state index contributed by atoms with van der Waals surface area (Å²) in [5, 5.41) is 9.12. The van der Waals surface area contributed by atoms with Crippen LogP contribution in [0.15, 0.2) is 24.5 Å². The molecule has 0 aliphatic heterocycles. The maximum atomic E-state index is 9.12. The summed E-state index contributed by atoms with van der Waals surface area (Å²) < 4.78 is 7.22. The van der Waals surface area contributed by atoms with E-state index in [1.165, 1.54) is 5.56 Å². The first-order valence-corrected chi connectivity index (χ1v) is 5.80. The molecule has 4 heteroatoms. The molecule has 18 heavy (non-hydrogen) atoms. The first kappa shape index (κ1) is 12.2. The van der Waals surface area contributed by atoms with Crippen molar-refractivity contribution in [3.63, 3.8) is 0 Å². The summed E-state index contributed by atoms with van der Waals surface area (Å²) >= 11 is 0. The number of ether oxygens (including phenoxy) is 1. The van der Waals surface area contributed by atoms with Crippen LogP contribution in [0.1, 0.15) is 18.2 Å². The molecule has 2 aromatic rings. The van der Waals surface area contributed by atoms with Gasteiger partial charge < -0.3 is 9.30 Å². The van der Waals surface area contributed by atoms with Crippen LogP contribution in [0.2, 0.25) is 0 Å². The van der Waals surface area contributed by atoms with Crippen LogP contribution in [-0.2, 0) is 13.5 Å². The third-order valence-corrected chi connectivity index (χ3v) is 2.97. The second kappa shape index (κ2) is 4.92. The molecule has 92 valence electrons. The van der Waals surface area contributed by atoms with E-state index in [0.717, 1.165) is 23.4 Å². The number of imidazole rings is 1. The molecule has 4 nitrogen and oxygen atoms in total. The normalized spacial score (nSPS) is 10.1. The van der Waals surface area contributed by atoms with Gasteiger partial charge in [0.15, 0.2) is 5.69 Å². The van der Waals surface area contributed by atoms with Crippen molar-refractivity contribution in [3.8, 4) is 23.1 Å². The third kappa shape index (κ3) is 1.95. The topological polar surface area (TPSA) is 50.8 Å². The van der Waals surface area contributed by atoms with Crippen LogP contribution in [0.3, 0.4) is 0 Å². The van der Waals surface area contributed by atoms with E-state index >= 15 is 0 Å². The predicted octanol–water partition coefficient (Wildman–Crippen LogP) is 2.53. The Bertz CT molecular complexity index is 608. The first-order chi connectivity index (χ1) is 8.71. The molecule has 0 fully saturated rings. The van der Waals surface area contributed by atoms with Gasteiger partial charge in [0.25, 0.3) is 0 Å². The average molecular weight is 241 g/mol. The van der Waals surface area contributed by atoms with Gasteiger partial charge >= 0.3 is 0 Å². The zero-order valence-electron chi connectivity index (χ0n) is 10.8. The lowest BCUT2D eigenvalue weighted by Crippen LogP contribution is -1.96. The van der Waals surface area contributed by atoms with E-state index in [-0.39, 0.29) is 0 Å². The number of hydrogen-bond acceptors (Lipinski definition) is 3. The maximum absolute atomic E-state index is 9.12. The van der Waals surface area contributed by atoms with Gasteiger partial charge in [0, 0.05) is 12.6 Å². The quantitative estimate of drug-likeness (QED) is 0.829. The monoisotopic (exact) mass is 241 g/mol. The van der Waals surface area contributed by atoms with Crippen LogP contribution in [-0.4, -0.2) is 16.7 Å². The summed E-state index contributed by atoms with van der Waals surface area (Å²) in [6.07, 6.45) is 2.59. The molecule has 0 aliphatic rings. The molecule has 1 aromatic heterocycles. The lowest BCUT2D eigenvalue weighted by atomic mass is 10.0. The van der Waals surface area contributed by atoms with Crippen LogP contribution in [0.5, 0.6) is 5.75 Å². The van der Waals surface area contributed by atoms with E-state index in [0.29, 0.717) is 5.69 Å². The fraction of sp³-hybridized carbons (Fsp3) is 0.286. The Hall–Kier alpha value is -2.28. The highest BCUT2D eigenvalue weighted by Crippen LogP contribution is 2.32. The molecule has 0 bridgehead atoms. The number of benzene rings is 1. The number of aryl methyl sites for hydroxylation is 2. The number of hydrogen-bond donors (Lipinski definition) is 0. The van der Waals surface area contributed by atoms with Crippen LogP contribution < -0.4 is 4.74 Å². The van der Waals surface area contributed by atoms with E-state index < -0.39 is 0 Å². The zero-order valence-corrected chi connectivity index (χ0v) is 10.8. The number of rotatable bonds is 3. The first-order valence-electron chi connectivity index (χ1n) is 5.80. The van der Waals surface area contributed by atoms with E-state index in [1.807, 2.05) is 23.7 Å². The van der Waals surface area contributed by atoms with Crippen molar-refractivity contribution in [1.82, 2.24) is 9.55 Å². The number of nitriles is 1. The second-order valence-electron chi connectivity index (χ2n) is 4.05. The van der Waals surface area contributed by atoms with Crippen LogP contribution >= 0.6 is 0 Å². The minimum absolute atomic E-state index is 0.420. The van der Waals surface area contributed by atoms with Crippen LogP contribution in [0.4, 0.5) is 0 Å². The predicted molar refractivity (Wildman–Crippen MR) is 69.3 cm³/mol. The van der Waals surface area contributed by atoms with Crippen LogP contribution in [0.25, 0.3) is 11.3 Å². The molecule has 0 amide bonds. The van der Waals surface area contributed by atoms with Gasteiger partial charge in [-0.25, -0.2) is 4.98 Å². The third-order valence-electron chi connectivity index (χ3n) is 2.97.